The van der Waals surface area contributed by atoms with Gasteiger partial charge in [0.25, 0.3) is 0 Å². The van der Waals surface area contributed by atoms with Crippen LogP contribution in [0, 0.1) is 0 Å². The summed E-state index contributed by atoms with van der Waals surface area (Å²) in [4.78, 5) is 16.0. The van der Waals surface area contributed by atoms with Gasteiger partial charge in [-0.3, -0.25) is 0 Å². The number of nitrogens with one attached hydrogen (secondary N) is 1. The van der Waals surface area contributed by atoms with E-state index in [0.29, 0.717) is 36.0 Å². The van der Waals surface area contributed by atoms with Gasteiger partial charge in [0.2, 0.25) is 5.75 Å². The summed E-state index contributed by atoms with van der Waals surface area (Å²) >= 11 is 0. The van der Waals surface area contributed by atoms with E-state index in [-0.39, 0.29) is 12.1 Å². The minimum Gasteiger partial charge on any atom is -0.493 e. The Labute approximate surface area is 141 Å². The van der Waals surface area contributed by atoms with Gasteiger partial charge in [0.15, 0.2) is 11.5 Å². The first-order chi connectivity index (χ1) is 11.4. The number of nitrogens with zero attached hydrogens (tertiary/aromatic N) is 2. The molecule has 0 aromatic heterocycles. The normalized spacial score (nSPS) is 20.2. The highest BCUT2D eigenvalue weighted by Gasteiger charge is 2.35. The second-order valence-corrected chi connectivity index (χ2v) is 5.85. The molecule has 0 unspecified atom stereocenters. The van der Waals surface area contributed by atoms with Gasteiger partial charge in [0.1, 0.15) is 0 Å². The fraction of sp³-hybridized carbons (Fsp3) is 0.562. The van der Waals surface area contributed by atoms with Gasteiger partial charge in [-0.1, -0.05) is 0 Å². The molecule has 2 rings (SSSR count). The van der Waals surface area contributed by atoms with E-state index in [1.165, 1.54) is 21.3 Å². The Bertz CT molecular complexity index is 568. The van der Waals surface area contributed by atoms with E-state index < -0.39 is 6.10 Å². The number of carbonyl (C=O) groups excluding carboxylic acids is 1. The molecule has 1 aliphatic rings. The molecule has 1 aromatic carbocycles. The molecule has 1 aliphatic heterocycles. The predicted molar refractivity (Wildman–Crippen MR) is 90.2 cm³/mol. The van der Waals surface area contributed by atoms with Gasteiger partial charge in [-0.05, 0) is 14.1 Å². The molecule has 0 aliphatic carbocycles. The van der Waals surface area contributed by atoms with Crippen LogP contribution in [0.5, 0.6) is 17.2 Å². The van der Waals surface area contributed by atoms with Crippen LogP contribution < -0.4 is 19.5 Å². The highest BCUT2D eigenvalue weighted by Crippen LogP contribution is 2.40. The number of β-amino-alcohol motifs (C(OH)–C–C–N with tert-alkyl or cyclic N) is 1. The van der Waals surface area contributed by atoms with Gasteiger partial charge >= 0.3 is 6.03 Å². The molecule has 1 heterocycles. The van der Waals surface area contributed by atoms with E-state index >= 15 is 0 Å². The molecular formula is C16H25N3O5. The molecule has 8 heteroatoms. The van der Waals surface area contributed by atoms with Crippen molar-refractivity contribution in [1.29, 1.82) is 0 Å². The van der Waals surface area contributed by atoms with Crippen LogP contribution in [0.4, 0.5) is 10.5 Å². The molecule has 2 N–H and O–H groups in total. The third kappa shape index (κ3) is 3.65. The maximum atomic E-state index is 12.5. The number of hydrogen-bond acceptors (Lipinski definition) is 6. The van der Waals surface area contributed by atoms with Crippen LogP contribution in [0.25, 0.3) is 0 Å². The average Bonchev–Trinajstić information content (AvgIpc) is 2.96. The van der Waals surface area contributed by atoms with Crippen molar-refractivity contribution in [2.45, 2.75) is 12.1 Å². The van der Waals surface area contributed by atoms with Gasteiger partial charge in [-0.2, -0.15) is 0 Å². The molecule has 2 atom stereocenters. The van der Waals surface area contributed by atoms with Crippen molar-refractivity contribution in [3.63, 3.8) is 0 Å². The topological polar surface area (TPSA) is 83.5 Å². The fourth-order valence-electron chi connectivity index (χ4n) is 2.80. The maximum absolute atomic E-state index is 12.5. The number of likely N-dealkylation sites (tertiary alicyclic amines) is 1. The molecule has 2 amide bonds. The summed E-state index contributed by atoms with van der Waals surface area (Å²) in [5, 5.41) is 12.9. The molecule has 1 fully saturated rings. The van der Waals surface area contributed by atoms with Crippen molar-refractivity contribution in [2.75, 3.05) is 53.8 Å². The number of anilines is 1. The Hall–Kier alpha value is -2.19. The molecular weight excluding hydrogens is 314 g/mol. The van der Waals surface area contributed by atoms with Crippen LogP contribution in [0.2, 0.25) is 0 Å². The first-order valence-electron chi connectivity index (χ1n) is 7.61. The minimum atomic E-state index is -0.564. The van der Waals surface area contributed by atoms with Crippen LogP contribution in [0.15, 0.2) is 12.1 Å². The quantitative estimate of drug-likeness (QED) is 0.828. The van der Waals surface area contributed by atoms with E-state index in [0.717, 1.165) is 0 Å². The van der Waals surface area contributed by atoms with E-state index in [4.69, 9.17) is 14.2 Å². The molecule has 24 heavy (non-hydrogen) atoms. The number of ether oxygens (including phenoxy) is 3. The predicted octanol–water partition coefficient (Wildman–Crippen LogP) is 0.851. The summed E-state index contributed by atoms with van der Waals surface area (Å²) in [6, 6.07) is 2.97. The lowest BCUT2D eigenvalue weighted by Crippen LogP contribution is -2.38. The molecule has 0 bridgehead atoms. The van der Waals surface area contributed by atoms with Crippen LogP contribution >= 0.6 is 0 Å². The number of methoxy groups -OCH3 is 3. The Balaban J connectivity index is 2.15. The van der Waals surface area contributed by atoms with E-state index in [1.54, 1.807) is 17.0 Å². The molecule has 0 radical (unpaired) electrons. The number of aliphatic hydroxyl groups is 1. The van der Waals surface area contributed by atoms with Gasteiger partial charge in [-0.15, -0.1) is 0 Å². The van der Waals surface area contributed by atoms with Crippen molar-refractivity contribution in [3.05, 3.63) is 12.1 Å². The molecule has 134 valence electrons. The third-order valence-electron chi connectivity index (χ3n) is 4.13. The Kier molecular flexibility index (Phi) is 5.74. The SMILES string of the molecule is COc1cc(NC(=O)N2C[C@@H](O)[C@H](N(C)C)C2)cc(OC)c1OC. The van der Waals surface area contributed by atoms with Crippen LogP contribution in [0.3, 0.4) is 0 Å². The summed E-state index contributed by atoms with van der Waals surface area (Å²) < 4.78 is 15.8. The molecule has 1 aromatic rings. The lowest BCUT2D eigenvalue weighted by Gasteiger charge is -2.22. The number of amides is 2. The lowest BCUT2D eigenvalue weighted by atomic mass is 10.2. The second kappa shape index (κ2) is 7.59. The largest absolute Gasteiger partial charge is 0.493 e. The first kappa shape index (κ1) is 18.2. The zero-order valence-electron chi connectivity index (χ0n) is 14.7. The Morgan fingerprint density at radius 2 is 1.75 bits per heavy atom. The number of aliphatic hydroxyl groups excluding tert-OH is 1. The zero-order chi connectivity index (χ0) is 17.9. The van der Waals surface area contributed by atoms with Crippen molar-refractivity contribution < 1.29 is 24.1 Å². The lowest BCUT2D eigenvalue weighted by molar-refractivity contribution is 0.113. The molecule has 0 saturated carbocycles. The third-order valence-corrected chi connectivity index (χ3v) is 4.13. The number of urea groups is 1. The number of benzene rings is 1. The van der Waals surface area contributed by atoms with E-state index in [9.17, 15) is 9.90 Å². The summed E-state index contributed by atoms with van der Waals surface area (Å²) in [6.45, 7) is 0.754. The fourth-order valence-corrected chi connectivity index (χ4v) is 2.80. The van der Waals surface area contributed by atoms with Gasteiger partial charge in [0.05, 0.1) is 45.7 Å². The summed E-state index contributed by atoms with van der Waals surface area (Å²) in [5.74, 6) is 1.38. The smallest absolute Gasteiger partial charge is 0.321 e. The number of rotatable bonds is 5. The van der Waals surface area contributed by atoms with Crippen LogP contribution in [0.1, 0.15) is 0 Å². The standard InChI is InChI=1S/C16H25N3O5/c1-18(2)11-8-19(9-12(11)20)16(21)17-10-6-13(22-3)15(24-5)14(7-10)23-4/h6-7,11-12,20H,8-9H2,1-5H3,(H,17,21)/t11-,12-/m1/s1. The van der Waals surface area contributed by atoms with Gasteiger partial charge in [0, 0.05) is 18.7 Å². The van der Waals surface area contributed by atoms with Crippen LogP contribution in [-0.2, 0) is 0 Å². The van der Waals surface area contributed by atoms with E-state index in [2.05, 4.69) is 5.32 Å². The minimum absolute atomic E-state index is 0.0734. The summed E-state index contributed by atoms with van der Waals surface area (Å²) in [7, 11) is 8.32. The van der Waals surface area contributed by atoms with Crippen molar-refractivity contribution >= 4 is 11.7 Å². The highest BCUT2D eigenvalue weighted by molar-refractivity contribution is 5.90. The number of carbonyl (C=O) groups is 1. The van der Waals surface area contributed by atoms with Crippen molar-refractivity contribution in [1.82, 2.24) is 9.80 Å². The van der Waals surface area contributed by atoms with Gasteiger partial charge in [-0.25, -0.2) is 4.79 Å². The number of hydrogen-bond donors (Lipinski definition) is 2. The monoisotopic (exact) mass is 339 g/mol. The molecule has 0 spiro atoms. The van der Waals surface area contributed by atoms with E-state index in [1.807, 2.05) is 19.0 Å². The molecule has 8 nitrogen and oxygen atoms in total. The Morgan fingerprint density at radius 1 is 1.17 bits per heavy atom. The highest BCUT2D eigenvalue weighted by atomic mass is 16.5. The van der Waals surface area contributed by atoms with Crippen molar-refractivity contribution in [2.24, 2.45) is 0 Å². The van der Waals surface area contributed by atoms with Gasteiger partial charge < -0.3 is 34.4 Å². The number of likely N-dealkylation sites (N-methyl/N-ethyl adjacent to an activating group) is 1. The second-order valence-electron chi connectivity index (χ2n) is 5.85. The Morgan fingerprint density at radius 3 is 2.17 bits per heavy atom. The summed E-state index contributed by atoms with van der Waals surface area (Å²) in [5.41, 5.74) is 0.525. The zero-order valence-corrected chi connectivity index (χ0v) is 14.7. The van der Waals surface area contributed by atoms with Crippen LogP contribution in [-0.4, -0.2) is 81.6 Å². The van der Waals surface area contributed by atoms with Crippen molar-refractivity contribution in [3.8, 4) is 17.2 Å². The molecule has 1 saturated heterocycles. The average molecular weight is 339 g/mol. The summed E-state index contributed by atoms with van der Waals surface area (Å²) in [6.07, 6.45) is -0.564. The first-order valence-corrected chi connectivity index (χ1v) is 7.61. The maximum Gasteiger partial charge on any atom is 0.321 e.